The van der Waals surface area contributed by atoms with Gasteiger partial charge >= 0.3 is 11.9 Å². The number of nitrogens with zero attached hydrogens (tertiary/aromatic N) is 3. The van der Waals surface area contributed by atoms with Crippen molar-refractivity contribution in [3.8, 4) is 0 Å². The highest BCUT2D eigenvalue weighted by molar-refractivity contribution is 9.09. The van der Waals surface area contributed by atoms with Crippen LogP contribution >= 0.6 is 15.9 Å². The van der Waals surface area contributed by atoms with Crippen LogP contribution in [0.15, 0.2) is 5.11 Å². The third-order valence-electron chi connectivity index (χ3n) is 2.55. The number of carbonyl (C=O) groups excluding carboxylic acids is 2. The lowest BCUT2D eigenvalue weighted by molar-refractivity contribution is -0.221. The minimum atomic E-state index is -1.29. The maximum atomic E-state index is 11.1. The minimum absolute atomic E-state index is 0.235. The fraction of sp³-hybridized carbons (Fsp3) is 0.800. The molecule has 0 spiro atoms. The molecule has 1 heterocycles. The van der Waals surface area contributed by atoms with Crippen LogP contribution in [-0.4, -0.2) is 53.0 Å². The van der Waals surface area contributed by atoms with Crippen LogP contribution < -0.4 is 0 Å². The number of aliphatic hydroxyl groups is 1. The Morgan fingerprint density at radius 1 is 1.45 bits per heavy atom. The summed E-state index contributed by atoms with van der Waals surface area (Å²) < 4.78 is 15.1. The molecule has 0 aromatic heterocycles. The lowest BCUT2D eigenvalue weighted by Gasteiger charge is -2.40. The van der Waals surface area contributed by atoms with Crippen molar-refractivity contribution >= 4 is 27.9 Å². The molecule has 1 N–H and O–H groups in total. The van der Waals surface area contributed by atoms with Crippen molar-refractivity contribution in [2.45, 2.75) is 43.2 Å². The summed E-state index contributed by atoms with van der Waals surface area (Å²) in [4.78, 5) is 23.9. The fourth-order valence-corrected chi connectivity index (χ4v) is 2.29. The highest BCUT2D eigenvalue weighted by Gasteiger charge is 2.46. The number of rotatable bonds is 4. The first-order valence-electron chi connectivity index (χ1n) is 5.69. The van der Waals surface area contributed by atoms with E-state index in [2.05, 4.69) is 26.0 Å². The van der Waals surface area contributed by atoms with Crippen LogP contribution in [0.5, 0.6) is 0 Å². The maximum Gasteiger partial charge on any atom is 0.303 e. The second-order valence-electron chi connectivity index (χ2n) is 4.08. The van der Waals surface area contributed by atoms with E-state index in [1.165, 1.54) is 13.8 Å². The van der Waals surface area contributed by atoms with Gasteiger partial charge in [-0.15, -0.1) is 0 Å². The van der Waals surface area contributed by atoms with Gasteiger partial charge in [0.05, 0.1) is 10.9 Å². The summed E-state index contributed by atoms with van der Waals surface area (Å²) in [6.07, 6.45) is -3.20. The lowest BCUT2D eigenvalue weighted by Crippen LogP contribution is -2.57. The summed E-state index contributed by atoms with van der Waals surface area (Å²) in [5.74, 6) is -1.16. The van der Waals surface area contributed by atoms with Crippen LogP contribution in [0, 0.1) is 0 Å². The van der Waals surface area contributed by atoms with Gasteiger partial charge in [-0.3, -0.25) is 9.59 Å². The summed E-state index contributed by atoms with van der Waals surface area (Å²) >= 11 is 3.12. The van der Waals surface area contributed by atoms with E-state index in [1.807, 2.05) is 0 Å². The van der Waals surface area contributed by atoms with Gasteiger partial charge in [0.2, 0.25) is 0 Å². The molecule has 1 saturated heterocycles. The number of hydrogen-bond acceptors (Lipinski definition) is 7. The van der Waals surface area contributed by atoms with Gasteiger partial charge in [-0.1, -0.05) is 21.0 Å². The van der Waals surface area contributed by atoms with Gasteiger partial charge in [0.15, 0.2) is 6.29 Å². The molecule has 10 heteroatoms. The van der Waals surface area contributed by atoms with E-state index >= 15 is 0 Å². The van der Waals surface area contributed by atoms with E-state index in [4.69, 9.17) is 19.7 Å². The topological polar surface area (TPSA) is 131 Å². The third-order valence-corrected chi connectivity index (χ3v) is 3.55. The van der Waals surface area contributed by atoms with Gasteiger partial charge < -0.3 is 19.3 Å². The van der Waals surface area contributed by atoms with Crippen LogP contribution in [-0.2, 0) is 23.8 Å². The number of esters is 2. The Labute approximate surface area is 122 Å². The van der Waals surface area contributed by atoms with E-state index in [1.54, 1.807) is 0 Å². The fourth-order valence-electron chi connectivity index (χ4n) is 1.76. The molecule has 1 aliphatic rings. The van der Waals surface area contributed by atoms with E-state index in [0.29, 0.717) is 0 Å². The molecular weight excluding hydrogens is 338 g/mol. The quantitative estimate of drug-likeness (QED) is 0.260. The first-order chi connectivity index (χ1) is 9.36. The van der Waals surface area contributed by atoms with Crippen LogP contribution in [0.3, 0.4) is 0 Å². The zero-order valence-electron chi connectivity index (χ0n) is 10.8. The Kier molecular flexibility index (Phi) is 6.21. The van der Waals surface area contributed by atoms with Crippen molar-refractivity contribution in [2.24, 2.45) is 5.11 Å². The lowest BCUT2D eigenvalue weighted by atomic mass is 9.99. The average molecular weight is 352 g/mol. The molecule has 112 valence electrons. The number of carbonyl (C=O) groups is 2. The average Bonchev–Trinajstić information content (AvgIpc) is 2.35. The highest BCUT2D eigenvalue weighted by Crippen LogP contribution is 2.30. The first-order valence-corrected chi connectivity index (χ1v) is 6.60. The monoisotopic (exact) mass is 351 g/mol. The Bertz CT molecular complexity index is 427. The number of alkyl halides is 1. The summed E-state index contributed by atoms with van der Waals surface area (Å²) in [7, 11) is 0. The van der Waals surface area contributed by atoms with Crippen LogP contribution in [0.4, 0.5) is 0 Å². The van der Waals surface area contributed by atoms with Crippen LogP contribution in [0.1, 0.15) is 13.8 Å². The zero-order valence-corrected chi connectivity index (χ0v) is 12.4. The second kappa shape index (κ2) is 7.44. The molecule has 0 aromatic carbocycles. The zero-order chi connectivity index (χ0) is 15.3. The van der Waals surface area contributed by atoms with Crippen molar-refractivity contribution < 1.29 is 28.9 Å². The number of halogens is 1. The molecule has 5 atom stereocenters. The smallest absolute Gasteiger partial charge is 0.303 e. The second-order valence-corrected chi connectivity index (χ2v) is 5.14. The van der Waals surface area contributed by atoms with Crippen molar-refractivity contribution in [2.75, 3.05) is 6.61 Å². The van der Waals surface area contributed by atoms with Crippen molar-refractivity contribution in [3.63, 3.8) is 0 Å². The molecular formula is C10H14BrN3O6. The van der Waals surface area contributed by atoms with Crippen molar-refractivity contribution in [1.82, 2.24) is 0 Å². The summed E-state index contributed by atoms with van der Waals surface area (Å²) in [5, 5.41) is 13.2. The summed E-state index contributed by atoms with van der Waals surface area (Å²) in [6, 6.07) is -0.895. The van der Waals surface area contributed by atoms with E-state index in [0.717, 1.165) is 0 Å². The standard InChI is InChI=1S/C10H14BrN3O6/c1-4(15)18-3-6-9(19-5(2)16)8(13-14-12)7(11)10(17)20-6/h6-10,17H,3H2,1-2H3/t6-,7?,8?,9-,10?/m1/s1. The van der Waals surface area contributed by atoms with Gasteiger partial charge in [-0.25, -0.2) is 0 Å². The van der Waals surface area contributed by atoms with Gasteiger partial charge in [0.1, 0.15) is 18.8 Å². The maximum absolute atomic E-state index is 11.1. The van der Waals surface area contributed by atoms with Gasteiger partial charge in [-0.05, 0) is 5.53 Å². The van der Waals surface area contributed by atoms with Gasteiger partial charge in [0, 0.05) is 18.8 Å². The van der Waals surface area contributed by atoms with E-state index in [-0.39, 0.29) is 6.61 Å². The van der Waals surface area contributed by atoms with Crippen molar-refractivity contribution in [1.29, 1.82) is 0 Å². The summed E-state index contributed by atoms with van der Waals surface area (Å²) in [5.41, 5.74) is 8.57. The largest absolute Gasteiger partial charge is 0.463 e. The molecule has 20 heavy (non-hydrogen) atoms. The van der Waals surface area contributed by atoms with Crippen LogP contribution in [0.2, 0.25) is 0 Å². The normalized spacial score (nSPS) is 32.9. The molecule has 3 unspecified atom stereocenters. The Balaban J connectivity index is 2.95. The van der Waals surface area contributed by atoms with Gasteiger partial charge in [0.25, 0.3) is 0 Å². The van der Waals surface area contributed by atoms with Gasteiger partial charge in [-0.2, -0.15) is 0 Å². The molecule has 9 nitrogen and oxygen atoms in total. The molecule has 0 amide bonds. The minimum Gasteiger partial charge on any atom is -0.463 e. The number of hydrogen-bond donors (Lipinski definition) is 1. The van der Waals surface area contributed by atoms with Crippen molar-refractivity contribution in [3.05, 3.63) is 10.4 Å². The van der Waals surface area contributed by atoms with E-state index < -0.39 is 41.3 Å². The predicted octanol–water partition coefficient (Wildman–Crippen LogP) is 0.641. The molecule has 0 bridgehead atoms. The number of ether oxygens (including phenoxy) is 3. The molecule has 1 fully saturated rings. The number of azide groups is 1. The van der Waals surface area contributed by atoms with E-state index in [9.17, 15) is 14.7 Å². The van der Waals surface area contributed by atoms with Crippen LogP contribution in [0.25, 0.3) is 10.4 Å². The third kappa shape index (κ3) is 4.34. The molecule has 1 aliphatic heterocycles. The Morgan fingerprint density at radius 3 is 2.60 bits per heavy atom. The summed E-state index contributed by atoms with van der Waals surface area (Å²) in [6.45, 7) is 2.16. The predicted molar refractivity (Wildman–Crippen MR) is 68.7 cm³/mol. The SMILES string of the molecule is CC(=O)OC[C@H]1OC(O)C(Br)C(N=[N+]=[N-])[C@@H]1OC(C)=O. The Hall–Kier alpha value is -1.35. The molecule has 0 saturated carbocycles. The number of aliphatic hydroxyl groups excluding tert-OH is 1. The molecule has 0 radical (unpaired) electrons. The molecule has 0 aromatic rings. The first kappa shape index (κ1) is 16.7. The molecule has 0 aliphatic carbocycles. The molecule has 1 rings (SSSR count). The Morgan fingerprint density at radius 2 is 2.10 bits per heavy atom. The highest BCUT2D eigenvalue weighted by atomic mass is 79.9.